The molecule has 0 saturated heterocycles. The second-order valence-corrected chi connectivity index (χ2v) is 8.34. The van der Waals surface area contributed by atoms with Crippen molar-refractivity contribution in [3.63, 3.8) is 0 Å². The molecule has 4 rings (SSSR count). The van der Waals surface area contributed by atoms with Crippen molar-refractivity contribution in [1.29, 1.82) is 0 Å². The van der Waals surface area contributed by atoms with Crippen molar-refractivity contribution >= 4 is 54.7 Å². The zero-order chi connectivity index (χ0) is 18.1. The molecular formula is C18H12Br2N4OS. The summed E-state index contributed by atoms with van der Waals surface area (Å²) in [7, 11) is 0. The lowest BCUT2D eigenvalue weighted by Gasteiger charge is -2.12. The molecule has 0 fully saturated rings. The van der Waals surface area contributed by atoms with Gasteiger partial charge < -0.3 is 0 Å². The van der Waals surface area contributed by atoms with E-state index in [2.05, 4.69) is 59.2 Å². The Hall–Kier alpha value is -1.90. The van der Waals surface area contributed by atoms with E-state index in [-0.39, 0.29) is 5.56 Å². The fourth-order valence-electron chi connectivity index (χ4n) is 2.56. The highest BCUT2D eigenvalue weighted by Gasteiger charge is 2.15. The first kappa shape index (κ1) is 17.5. The predicted molar refractivity (Wildman–Crippen MR) is 111 cm³/mol. The van der Waals surface area contributed by atoms with Gasteiger partial charge in [-0.15, -0.1) is 0 Å². The van der Waals surface area contributed by atoms with E-state index in [1.54, 1.807) is 4.57 Å². The maximum Gasteiger partial charge on any atom is 0.269 e. The second kappa shape index (κ2) is 7.38. The average molecular weight is 492 g/mol. The van der Waals surface area contributed by atoms with Crippen LogP contribution in [0.3, 0.4) is 0 Å². The highest BCUT2D eigenvalue weighted by molar-refractivity contribution is 9.10. The van der Waals surface area contributed by atoms with Crippen LogP contribution in [0, 0.1) is 0 Å². The molecule has 0 spiro atoms. The molecular weight excluding hydrogens is 480 g/mol. The summed E-state index contributed by atoms with van der Waals surface area (Å²) in [6.45, 7) is 0. The van der Waals surface area contributed by atoms with Gasteiger partial charge in [0.25, 0.3) is 5.56 Å². The number of nitrogens with zero attached hydrogens (tertiary/aromatic N) is 3. The van der Waals surface area contributed by atoms with Crippen molar-refractivity contribution in [3.05, 3.63) is 79.6 Å². The van der Waals surface area contributed by atoms with Crippen LogP contribution in [0.25, 0.3) is 16.7 Å². The molecule has 5 nitrogen and oxygen atoms in total. The summed E-state index contributed by atoms with van der Waals surface area (Å²) >= 11 is 8.43. The summed E-state index contributed by atoms with van der Waals surface area (Å²) in [4.78, 5) is 17.6. The van der Waals surface area contributed by atoms with E-state index >= 15 is 0 Å². The molecule has 0 aliphatic heterocycles. The number of aromatic amines is 1. The molecule has 0 amide bonds. The van der Waals surface area contributed by atoms with Gasteiger partial charge in [-0.25, -0.2) is 4.98 Å². The normalized spacial score (nSPS) is 11.2. The standard InChI is InChI=1S/C18H12Br2N4OS/c19-12-4-6-14(7-5-12)24-17(25)15-9-21-23-16(15)22-18(24)26-10-11-2-1-3-13(20)8-11/h1-9H,10H2,(H,21,23). The molecule has 0 atom stereocenters. The molecule has 0 radical (unpaired) electrons. The molecule has 1 N–H and O–H groups in total. The van der Waals surface area contributed by atoms with Crippen molar-refractivity contribution in [2.45, 2.75) is 10.9 Å². The average Bonchev–Trinajstić information content (AvgIpc) is 3.10. The summed E-state index contributed by atoms with van der Waals surface area (Å²) in [5.41, 5.74) is 2.28. The lowest BCUT2D eigenvalue weighted by molar-refractivity contribution is 0.815. The van der Waals surface area contributed by atoms with Crippen molar-refractivity contribution in [1.82, 2.24) is 19.7 Å². The van der Waals surface area contributed by atoms with Crippen LogP contribution in [0.15, 0.2) is 73.6 Å². The molecule has 0 aliphatic carbocycles. The highest BCUT2D eigenvalue weighted by Crippen LogP contribution is 2.25. The molecule has 8 heteroatoms. The van der Waals surface area contributed by atoms with E-state index in [1.807, 2.05) is 36.4 Å². The molecule has 0 unspecified atom stereocenters. The summed E-state index contributed by atoms with van der Waals surface area (Å²) in [6.07, 6.45) is 1.52. The van der Waals surface area contributed by atoms with Gasteiger partial charge in [-0.1, -0.05) is 55.8 Å². The van der Waals surface area contributed by atoms with E-state index in [1.165, 1.54) is 18.0 Å². The first-order valence-corrected chi connectivity index (χ1v) is 10.3. The number of aromatic nitrogens is 4. The minimum Gasteiger partial charge on any atom is -0.268 e. The molecule has 4 aromatic rings. The van der Waals surface area contributed by atoms with Crippen molar-refractivity contribution < 1.29 is 0 Å². The quantitative estimate of drug-likeness (QED) is 0.325. The molecule has 130 valence electrons. The Bertz CT molecular complexity index is 1140. The number of nitrogens with one attached hydrogen (secondary N) is 1. The van der Waals surface area contributed by atoms with E-state index in [9.17, 15) is 4.79 Å². The Kier molecular flexibility index (Phi) is 4.97. The van der Waals surface area contributed by atoms with Gasteiger partial charge in [-0.05, 0) is 42.0 Å². The van der Waals surface area contributed by atoms with Gasteiger partial charge >= 0.3 is 0 Å². The number of hydrogen-bond donors (Lipinski definition) is 1. The Balaban J connectivity index is 1.80. The van der Waals surface area contributed by atoms with E-state index in [4.69, 9.17) is 0 Å². The lowest BCUT2D eigenvalue weighted by Crippen LogP contribution is -2.21. The van der Waals surface area contributed by atoms with Gasteiger partial charge in [-0.3, -0.25) is 14.5 Å². The third-order valence-corrected chi connectivity index (χ3v) is 5.82. The number of fused-ring (bicyclic) bond motifs is 1. The van der Waals surface area contributed by atoms with Gasteiger partial charge in [-0.2, -0.15) is 5.10 Å². The first-order valence-electron chi connectivity index (χ1n) is 7.71. The predicted octanol–water partition coefficient (Wildman–Crippen LogP) is 4.93. The molecule has 0 bridgehead atoms. The van der Waals surface area contributed by atoms with Gasteiger partial charge in [0.2, 0.25) is 0 Å². The number of H-pyrrole nitrogens is 1. The van der Waals surface area contributed by atoms with Crippen LogP contribution in [0.1, 0.15) is 5.56 Å². The number of benzene rings is 2. The molecule has 26 heavy (non-hydrogen) atoms. The van der Waals surface area contributed by atoms with Gasteiger partial charge in [0.15, 0.2) is 10.8 Å². The Labute approximate surface area is 170 Å². The van der Waals surface area contributed by atoms with Crippen LogP contribution in [-0.2, 0) is 5.75 Å². The Morgan fingerprint density at radius 3 is 2.65 bits per heavy atom. The number of hydrogen-bond acceptors (Lipinski definition) is 4. The molecule has 0 aliphatic rings. The summed E-state index contributed by atoms with van der Waals surface area (Å²) in [6, 6.07) is 15.7. The van der Waals surface area contributed by atoms with E-state index < -0.39 is 0 Å². The fourth-order valence-corrected chi connectivity index (χ4v) is 4.22. The van der Waals surface area contributed by atoms with Gasteiger partial charge in [0.05, 0.1) is 11.9 Å². The third-order valence-electron chi connectivity index (χ3n) is 3.79. The van der Waals surface area contributed by atoms with Crippen LogP contribution >= 0.6 is 43.6 Å². The topological polar surface area (TPSA) is 63.6 Å². The van der Waals surface area contributed by atoms with E-state index in [0.29, 0.717) is 21.9 Å². The maximum atomic E-state index is 13.0. The van der Waals surface area contributed by atoms with Crippen LogP contribution in [0.2, 0.25) is 0 Å². The minimum absolute atomic E-state index is 0.136. The second-order valence-electron chi connectivity index (χ2n) is 5.56. The smallest absolute Gasteiger partial charge is 0.268 e. The number of halogens is 2. The van der Waals surface area contributed by atoms with Gasteiger partial charge in [0.1, 0.15) is 5.39 Å². The molecule has 2 aromatic carbocycles. The zero-order valence-corrected chi connectivity index (χ0v) is 17.3. The summed E-state index contributed by atoms with van der Waals surface area (Å²) < 4.78 is 3.61. The minimum atomic E-state index is -0.136. The zero-order valence-electron chi connectivity index (χ0n) is 13.3. The largest absolute Gasteiger partial charge is 0.269 e. The maximum absolute atomic E-state index is 13.0. The van der Waals surface area contributed by atoms with Crippen LogP contribution in [0.4, 0.5) is 0 Å². The lowest BCUT2D eigenvalue weighted by atomic mass is 10.2. The first-order chi connectivity index (χ1) is 12.6. The SMILES string of the molecule is O=c1c2cn[nH]c2nc(SCc2cccc(Br)c2)n1-c1ccc(Br)cc1. The molecule has 2 heterocycles. The van der Waals surface area contributed by atoms with Gasteiger partial charge in [0, 0.05) is 14.7 Å². The van der Waals surface area contributed by atoms with E-state index in [0.717, 1.165) is 20.2 Å². The van der Waals surface area contributed by atoms with Crippen LogP contribution < -0.4 is 5.56 Å². The van der Waals surface area contributed by atoms with Crippen molar-refractivity contribution in [3.8, 4) is 5.69 Å². The molecule has 0 saturated carbocycles. The Morgan fingerprint density at radius 1 is 1.08 bits per heavy atom. The fraction of sp³-hybridized carbons (Fsp3) is 0.0556. The van der Waals surface area contributed by atoms with Crippen molar-refractivity contribution in [2.24, 2.45) is 0 Å². The van der Waals surface area contributed by atoms with Crippen molar-refractivity contribution in [2.75, 3.05) is 0 Å². The third kappa shape index (κ3) is 3.49. The summed E-state index contributed by atoms with van der Waals surface area (Å²) in [5.74, 6) is 0.696. The summed E-state index contributed by atoms with van der Waals surface area (Å²) in [5, 5.41) is 7.84. The monoisotopic (exact) mass is 490 g/mol. The van der Waals surface area contributed by atoms with Crippen LogP contribution in [-0.4, -0.2) is 19.7 Å². The number of rotatable bonds is 4. The highest BCUT2D eigenvalue weighted by atomic mass is 79.9. The molecule has 2 aromatic heterocycles. The number of thioether (sulfide) groups is 1. The Morgan fingerprint density at radius 2 is 1.88 bits per heavy atom. The van der Waals surface area contributed by atoms with Crippen LogP contribution in [0.5, 0.6) is 0 Å².